The van der Waals surface area contributed by atoms with E-state index in [1.165, 1.54) is 18.2 Å². The third-order valence-corrected chi connectivity index (χ3v) is 5.32. The molecule has 2 amide bonds. The number of nitrogens with zero attached hydrogens (tertiary/aromatic N) is 2. The van der Waals surface area contributed by atoms with E-state index in [1.807, 2.05) is 0 Å². The van der Waals surface area contributed by atoms with Crippen molar-refractivity contribution < 1.29 is 23.9 Å². The van der Waals surface area contributed by atoms with Gasteiger partial charge in [-0.2, -0.15) is 0 Å². The first-order valence-electron chi connectivity index (χ1n) is 10.6. The molecule has 1 saturated heterocycles. The van der Waals surface area contributed by atoms with Crippen LogP contribution in [0.2, 0.25) is 0 Å². The summed E-state index contributed by atoms with van der Waals surface area (Å²) < 4.78 is 10.1. The van der Waals surface area contributed by atoms with Crippen LogP contribution in [0.15, 0.2) is 48.5 Å². The number of amides is 2. The van der Waals surface area contributed by atoms with Gasteiger partial charge in [-0.3, -0.25) is 19.3 Å². The Bertz CT molecular complexity index is 937. The van der Waals surface area contributed by atoms with Crippen LogP contribution in [0, 0.1) is 6.92 Å². The van der Waals surface area contributed by atoms with Crippen LogP contribution < -0.4 is 10.1 Å². The molecule has 1 N–H and O–H groups in total. The minimum Gasteiger partial charge on any atom is -0.497 e. The Labute approximate surface area is 188 Å². The molecule has 0 aromatic heterocycles. The summed E-state index contributed by atoms with van der Waals surface area (Å²) in [5.74, 6) is -0.649. The number of carbonyl (C=O) groups is 3. The molecule has 170 valence electrons. The lowest BCUT2D eigenvalue weighted by molar-refractivity contribution is -0.151. The van der Waals surface area contributed by atoms with E-state index in [4.69, 9.17) is 9.47 Å². The highest BCUT2D eigenvalue weighted by atomic mass is 16.5. The number of benzene rings is 2. The first-order valence-corrected chi connectivity index (χ1v) is 10.6. The van der Waals surface area contributed by atoms with Crippen LogP contribution in [0.25, 0.3) is 0 Å². The van der Waals surface area contributed by atoms with Gasteiger partial charge in [-0.25, -0.2) is 0 Å². The second-order valence-corrected chi connectivity index (χ2v) is 7.72. The highest BCUT2D eigenvalue weighted by Gasteiger charge is 2.22. The monoisotopic (exact) mass is 439 g/mol. The number of esters is 1. The van der Waals surface area contributed by atoms with E-state index < -0.39 is 11.9 Å². The van der Waals surface area contributed by atoms with Crippen LogP contribution in [-0.4, -0.2) is 74.0 Å². The minimum atomic E-state index is -0.654. The molecule has 8 heteroatoms. The number of hydrogen-bond acceptors (Lipinski definition) is 6. The molecular formula is C24H29N3O5. The molecule has 0 radical (unpaired) electrons. The van der Waals surface area contributed by atoms with Gasteiger partial charge in [0.1, 0.15) is 12.3 Å². The number of methoxy groups -OCH3 is 1. The second kappa shape index (κ2) is 11.3. The van der Waals surface area contributed by atoms with Gasteiger partial charge in [0.2, 0.25) is 0 Å². The van der Waals surface area contributed by atoms with E-state index in [9.17, 15) is 14.4 Å². The van der Waals surface area contributed by atoms with Gasteiger partial charge >= 0.3 is 5.97 Å². The summed E-state index contributed by atoms with van der Waals surface area (Å²) in [6.07, 6.45) is 0. The topological polar surface area (TPSA) is 88.2 Å². The fraction of sp³-hybridized carbons (Fsp3) is 0.375. The molecule has 1 heterocycles. The van der Waals surface area contributed by atoms with Crippen molar-refractivity contribution in [3.05, 3.63) is 65.2 Å². The summed E-state index contributed by atoms with van der Waals surface area (Å²) in [6, 6.07) is 14.9. The van der Waals surface area contributed by atoms with Crippen molar-refractivity contribution in [3.63, 3.8) is 0 Å². The molecule has 0 atom stereocenters. The molecule has 32 heavy (non-hydrogen) atoms. The van der Waals surface area contributed by atoms with Gasteiger partial charge in [-0.05, 0) is 36.8 Å². The van der Waals surface area contributed by atoms with Gasteiger partial charge in [0.15, 0.2) is 6.61 Å². The summed E-state index contributed by atoms with van der Waals surface area (Å²) in [5.41, 5.74) is 2.90. The van der Waals surface area contributed by atoms with Crippen molar-refractivity contribution in [3.8, 4) is 5.75 Å². The molecule has 8 nitrogen and oxygen atoms in total. The van der Waals surface area contributed by atoms with Crippen LogP contribution in [0.3, 0.4) is 0 Å². The number of rotatable bonds is 8. The summed E-state index contributed by atoms with van der Waals surface area (Å²) in [5, 5.41) is 2.49. The lowest BCUT2D eigenvalue weighted by Crippen LogP contribution is -2.49. The van der Waals surface area contributed by atoms with Crippen molar-refractivity contribution in [2.45, 2.75) is 13.5 Å². The number of aryl methyl sites for hydroxylation is 1. The molecule has 1 aliphatic heterocycles. The zero-order valence-corrected chi connectivity index (χ0v) is 18.5. The van der Waals surface area contributed by atoms with Gasteiger partial charge in [-0.1, -0.05) is 29.8 Å². The molecular weight excluding hydrogens is 410 g/mol. The van der Waals surface area contributed by atoms with Gasteiger partial charge in [0, 0.05) is 38.3 Å². The van der Waals surface area contributed by atoms with Crippen molar-refractivity contribution >= 4 is 17.8 Å². The Hall–Kier alpha value is -3.39. The predicted octanol–water partition coefficient (Wildman–Crippen LogP) is 1.62. The maximum Gasteiger partial charge on any atom is 0.325 e. The SMILES string of the molecule is COc1ccc(C(=O)NCC(=O)OCC(=O)N2CCN(Cc3cccc(C)c3)CC2)cc1. The maximum absolute atomic E-state index is 12.4. The Kier molecular flexibility index (Phi) is 8.21. The van der Waals surface area contributed by atoms with E-state index >= 15 is 0 Å². The number of ether oxygens (including phenoxy) is 2. The largest absolute Gasteiger partial charge is 0.497 e. The molecule has 1 fully saturated rings. The number of carbonyl (C=O) groups excluding carboxylic acids is 3. The van der Waals surface area contributed by atoms with Gasteiger partial charge in [-0.15, -0.1) is 0 Å². The fourth-order valence-electron chi connectivity index (χ4n) is 3.51. The zero-order valence-electron chi connectivity index (χ0n) is 18.5. The highest BCUT2D eigenvalue weighted by Crippen LogP contribution is 2.12. The van der Waals surface area contributed by atoms with Crippen LogP contribution in [0.1, 0.15) is 21.5 Å². The van der Waals surface area contributed by atoms with Crippen LogP contribution in [0.5, 0.6) is 5.75 Å². The predicted molar refractivity (Wildman–Crippen MR) is 119 cm³/mol. The number of hydrogen-bond donors (Lipinski definition) is 1. The van der Waals surface area contributed by atoms with E-state index in [2.05, 4.69) is 41.4 Å². The van der Waals surface area contributed by atoms with Crippen molar-refractivity contribution in [2.75, 3.05) is 46.4 Å². The lowest BCUT2D eigenvalue weighted by Gasteiger charge is -2.34. The van der Waals surface area contributed by atoms with Crippen molar-refractivity contribution in [1.29, 1.82) is 0 Å². The smallest absolute Gasteiger partial charge is 0.325 e. The molecule has 0 spiro atoms. The molecule has 2 aromatic rings. The van der Waals surface area contributed by atoms with Crippen molar-refractivity contribution in [1.82, 2.24) is 15.1 Å². The Balaban J connectivity index is 1.34. The third-order valence-electron chi connectivity index (χ3n) is 5.32. The molecule has 3 rings (SSSR count). The molecule has 0 bridgehead atoms. The summed E-state index contributed by atoms with van der Waals surface area (Å²) >= 11 is 0. The van der Waals surface area contributed by atoms with Crippen LogP contribution in [0.4, 0.5) is 0 Å². The van der Waals surface area contributed by atoms with Gasteiger partial charge in [0.25, 0.3) is 11.8 Å². The summed E-state index contributed by atoms with van der Waals surface area (Å²) in [4.78, 5) is 40.4. The van der Waals surface area contributed by atoms with E-state index in [1.54, 1.807) is 29.2 Å². The van der Waals surface area contributed by atoms with Gasteiger partial charge in [0.05, 0.1) is 7.11 Å². The summed E-state index contributed by atoms with van der Waals surface area (Å²) in [6.45, 7) is 5.03. The Morgan fingerprint density at radius 2 is 1.72 bits per heavy atom. The normalized spacial score (nSPS) is 14.0. The minimum absolute atomic E-state index is 0.227. The average molecular weight is 440 g/mol. The Morgan fingerprint density at radius 1 is 1.00 bits per heavy atom. The number of nitrogens with one attached hydrogen (secondary N) is 1. The van der Waals surface area contributed by atoms with Crippen LogP contribution >= 0.6 is 0 Å². The fourth-order valence-corrected chi connectivity index (χ4v) is 3.51. The number of piperazine rings is 1. The molecule has 1 aliphatic rings. The maximum atomic E-state index is 12.4. The third kappa shape index (κ3) is 6.81. The average Bonchev–Trinajstić information content (AvgIpc) is 2.81. The van der Waals surface area contributed by atoms with E-state index in [0.717, 1.165) is 19.6 Å². The summed E-state index contributed by atoms with van der Waals surface area (Å²) in [7, 11) is 1.54. The van der Waals surface area contributed by atoms with Crippen molar-refractivity contribution in [2.24, 2.45) is 0 Å². The van der Waals surface area contributed by atoms with E-state index in [-0.39, 0.29) is 19.1 Å². The van der Waals surface area contributed by atoms with Gasteiger partial charge < -0.3 is 19.7 Å². The second-order valence-electron chi connectivity index (χ2n) is 7.72. The highest BCUT2D eigenvalue weighted by molar-refractivity contribution is 5.96. The quantitative estimate of drug-likeness (QED) is 0.629. The molecule has 0 aliphatic carbocycles. The molecule has 0 unspecified atom stereocenters. The lowest BCUT2D eigenvalue weighted by atomic mass is 10.1. The first kappa shape index (κ1) is 23.3. The standard InChI is InChI=1S/C24H29N3O5/c1-18-4-3-5-19(14-18)16-26-10-12-27(13-11-26)22(28)17-32-23(29)15-25-24(30)20-6-8-21(31-2)9-7-20/h3-9,14H,10-13,15-17H2,1-2H3,(H,25,30). The molecule has 0 saturated carbocycles. The van der Waals surface area contributed by atoms with Crippen LogP contribution in [-0.2, 0) is 20.9 Å². The first-order chi connectivity index (χ1) is 15.4. The Morgan fingerprint density at radius 3 is 2.38 bits per heavy atom. The van der Waals surface area contributed by atoms with E-state index in [0.29, 0.717) is 24.4 Å². The zero-order chi connectivity index (χ0) is 22.9. The molecule has 2 aromatic carbocycles.